The number of carbonyl (C=O) groups excluding carboxylic acids is 3. The molecule has 9 heteroatoms. The van der Waals surface area contributed by atoms with Crippen LogP contribution in [0.1, 0.15) is 18.1 Å². The van der Waals surface area contributed by atoms with Gasteiger partial charge in [0.1, 0.15) is 11.8 Å². The topological polar surface area (TPSA) is 126 Å². The van der Waals surface area contributed by atoms with Gasteiger partial charge in [0, 0.05) is 17.7 Å². The first kappa shape index (κ1) is 18.4. The molecule has 30 heavy (non-hydrogen) atoms. The van der Waals surface area contributed by atoms with Crippen LogP contribution >= 0.6 is 0 Å². The van der Waals surface area contributed by atoms with E-state index >= 15 is 0 Å². The molecule has 3 aliphatic heterocycles. The minimum Gasteiger partial charge on any atom is -0.326 e. The number of nitrogens with two attached hydrogens (primary N) is 1. The van der Waals surface area contributed by atoms with Gasteiger partial charge in [0.2, 0.25) is 17.4 Å². The van der Waals surface area contributed by atoms with Gasteiger partial charge in [-0.15, -0.1) is 0 Å². The van der Waals surface area contributed by atoms with Gasteiger partial charge in [0.25, 0.3) is 11.6 Å². The van der Waals surface area contributed by atoms with E-state index in [1.807, 2.05) is 12.2 Å². The third kappa shape index (κ3) is 2.12. The number of para-hydroxylation sites is 1. The number of nitrogens with zero attached hydrogens (tertiary/aromatic N) is 2. The zero-order chi connectivity index (χ0) is 21.4. The monoisotopic (exact) mass is 407 g/mol. The molecule has 3 N–H and O–H groups in total. The van der Waals surface area contributed by atoms with E-state index in [1.54, 1.807) is 31.2 Å². The number of amides is 3. The molecule has 2 saturated heterocycles. The van der Waals surface area contributed by atoms with Gasteiger partial charge < -0.3 is 10.6 Å². The predicted molar refractivity (Wildman–Crippen MR) is 105 cm³/mol. The van der Waals surface area contributed by atoms with Crippen LogP contribution in [0, 0.1) is 28.9 Å². The summed E-state index contributed by atoms with van der Waals surface area (Å²) in [6.45, 7) is 3.52. The first-order valence-corrected chi connectivity index (χ1v) is 9.67. The van der Waals surface area contributed by atoms with Crippen LogP contribution in [0.3, 0.4) is 0 Å². The van der Waals surface area contributed by atoms with Gasteiger partial charge in [-0.1, -0.05) is 24.3 Å². The summed E-state index contributed by atoms with van der Waals surface area (Å²) in [5, 5.41) is 15.9. The number of hydrogen-bond acceptors (Lipinski definition) is 5. The second-order valence-corrected chi connectivity index (χ2v) is 8.14. The van der Waals surface area contributed by atoms with Crippen molar-refractivity contribution in [3.05, 3.63) is 63.7 Å². The molecule has 0 radical (unpaired) electrons. The van der Waals surface area contributed by atoms with Crippen LogP contribution in [0.5, 0.6) is 0 Å². The van der Waals surface area contributed by atoms with E-state index in [0.717, 1.165) is 4.90 Å². The second-order valence-electron chi connectivity index (χ2n) is 8.14. The van der Waals surface area contributed by atoms with Crippen molar-refractivity contribution in [3.8, 4) is 0 Å². The Morgan fingerprint density at radius 2 is 1.87 bits per heavy atom. The van der Waals surface area contributed by atoms with Crippen molar-refractivity contribution in [1.29, 1.82) is 0 Å². The fourth-order valence-electron chi connectivity index (χ4n) is 5.29. The summed E-state index contributed by atoms with van der Waals surface area (Å²) in [6.07, 6.45) is 0. The molecule has 3 amide bonds. The Labute approximate surface area is 171 Å². The number of non-ortho nitro benzene ring substituents is 1. The molecule has 0 aliphatic carbocycles. The maximum Gasteiger partial charge on any atom is 0.291 e. The highest BCUT2D eigenvalue weighted by Gasteiger charge is 2.73. The minimum absolute atomic E-state index is 0.197. The first-order valence-electron chi connectivity index (χ1n) is 9.67. The summed E-state index contributed by atoms with van der Waals surface area (Å²) < 4.78 is 0. The SMILES string of the molecule is Cc1ccc([N+](=O)[O-])cc1N1C(=O)[C@@H]2[C@H](C)[NH2+][C@@]3(C(=O)Nc4ccccc43)[C@H]2C1=O. The molecule has 3 aliphatic rings. The van der Waals surface area contributed by atoms with Gasteiger partial charge in [-0.25, -0.2) is 4.90 Å². The van der Waals surface area contributed by atoms with Gasteiger partial charge in [0.05, 0.1) is 22.3 Å². The Morgan fingerprint density at radius 1 is 1.13 bits per heavy atom. The van der Waals surface area contributed by atoms with Crippen molar-refractivity contribution >= 4 is 34.8 Å². The molecule has 2 fully saturated rings. The van der Waals surface area contributed by atoms with Crippen LogP contribution in [0.25, 0.3) is 0 Å². The Hall–Kier alpha value is -3.59. The van der Waals surface area contributed by atoms with E-state index in [9.17, 15) is 24.5 Å². The Bertz CT molecular complexity index is 1160. The van der Waals surface area contributed by atoms with Crippen LogP contribution in [0.4, 0.5) is 17.1 Å². The number of carbonyl (C=O) groups is 3. The summed E-state index contributed by atoms with van der Waals surface area (Å²) in [7, 11) is 0. The van der Waals surface area contributed by atoms with Gasteiger partial charge in [-0.3, -0.25) is 24.5 Å². The van der Waals surface area contributed by atoms with E-state index < -0.39 is 34.1 Å². The molecule has 5 rings (SSSR count). The molecule has 0 saturated carbocycles. The van der Waals surface area contributed by atoms with Crippen LogP contribution in [0.15, 0.2) is 42.5 Å². The average molecular weight is 407 g/mol. The fourth-order valence-corrected chi connectivity index (χ4v) is 5.29. The number of nitro groups is 1. The van der Waals surface area contributed by atoms with Crippen LogP contribution in [0.2, 0.25) is 0 Å². The molecular weight excluding hydrogens is 388 g/mol. The Kier molecular flexibility index (Phi) is 3.66. The molecule has 3 heterocycles. The number of hydrogen-bond donors (Lipinski definition) is 2. The summed E-state index contributed by atoms with van der Waals surface area (Å²) in [6, 6.07) is 11.0. The second kappa shape index (κ2) is 5.96. The Morgan fingerprint density at radius 3 is 2.60 bits per heavy atom. The molecule has 0 unspecified atom stereocenters. The normalized spacial score (nSPS) is 29.3. The number of rotatable bonds is 2. The molecular formula is C21H19N4O5+. The van der Waals surface area contributed by atoms with Crippen molar-refractivity contribution in [1.82, 2.24) is 0 Å². The van der Waals surface area contributed by atoms with Crippen LogP contribution in [-0.4, -0.2) is 28.7 Å². The minimum atomic E-state index is -1.23. The van der Waals surface area contributed by atoms with Gasteiger partial charge in [-0.05, 0) is 25.5 Å². The lowest BCUT2D eigenvalue weighted by Crippen LogP contribution is -2.98. The number of nitro benzene ring substituents is 1. The lowest BCUT2D eigenvalue weighted by atomic mass is 9.76. The quantitative estimate of drug-likeness (QED) is 0.433. The molecule has 9 nitrogen and oxygen atoms in total. The highest BCUT2D eigenvalue weighted by atomic mass is 16.6. The number of benzene rings is 2. The predicted octanol–water partition coefficient (Wildman–Crippen LogP) is 0.822. The Balaban J connectivity index is 1.67. The molecule has 152 valence electrons. The molecule has 2 aromatic rings. The first-order chi connectivity index (χ1) is 14.3. The third-order valence-electron chi connectivity index (χ3n) is 6.57. The van der Waals surface area contributed by atoms with Crippen molar-refractivity contribution in [2.75, 3.05) is 10.2 Å². The number of nitrogens with one attached hydrogen (secondary N) is 1. The number of fused-ring (bicyclic) bond motifs is 4. The lowest BCUT2D eigenvalue weighted by molar-refractivity contribution is -0.730. The summed E-state index contributed by atoms with van der Waals surface area (Å²) in [5.74, 6) is -2.83. The standard InChI is InChI=1S/C21H18N4O5/c1-10-7-8-12(25(29)30)9-15(10)24-18(26)16-11(2)23-21(17(16)19(24)27)13-5-3-4-6-14(13)22-20(21)28/h3-9,11,16-17,23H,1-2H3,(H,22,28)/p+1/t11-,16+,17+,21+/m0/s1. The van der Waals surface area contributed by atoms with E-state index in [1.165, 1.54) is 18.2 Å². The number of aryl methyl sites for hydroxylation is 1. The van der Waals surface area contributed by atoms with Gasteiger partial charge in [0.15, 0.2) is 0 Å². The largest absolute Gasteiger partial charge is 0.326 e. The zero-order valence-corrected chi connectivity index (χ0v) is 16.3. The van der Waals surface area contributed by atoms with Crippen molar-refractivity contribution in [2.45, 2.75) is 25.4 Å². The highest BCUT2D eigenvalue weighted by molar-refractivity contribution is 6.25. The zero-order valence-electron chi connectivity index (χ0n) is 16.3. The summed E-state index contributed by atoms with van der Waals surface area (Å²) >= 11 is 0. The third-order valence-corrected chi connectivity index (χ3v) is 6.57. The smallest absolute Gasteiger partial charge is 0.291 e. The van der Waals surface area contributed by atoms with Gasteiger partial charge in [-0.2, -0.15) is 0 Å². The summed E-state index contributed by atoms with van der Waals surface area (Å²) in [5.41, 5.74) is 0.667. The van der Waals surface area contributed by atoms with Crippen molar-refractivity contribution in [2.24, 2.45) is 11.8 Å². The molecule has 2 aromatic carbocycles. The highest BCUT2D eigenvalue weighted by Crippen LogP contribution is 2.50. The van der Waals surface area contributed by atoms with E-state index in [4.69, 9.17) is 0 Å². The van der Waals surface area contributed by atoms with E-state index in [0.29, 0.717) is 16.8 Å². The maximum atomic E-state index is 13.6. The maximum absolute atomic E-state index is 13.6. The summed E-state index contributed by atoms with van der Waals surface area (Å²) in [4.78, 5) is 51.9. The lowest BCUT2D eigenvalue weighted by Gasteiger charge is -2.26. The number of anilines is 2. The van der Waals surface area contributed by atoms with Crippen LogP contribution < -0.4 is 15.5 Å². The fraction of sp³-hybridized carbons (Fsp3) is 0.286. The van der Waals surface area contributed by atoms with E-state index in [2.05, 4.69) is 5.32 Å². The van der Waals surface area contributed by atoms with Crippen LogP contribution in [-0.2, 0) is 19.9 Å². The number of imide groups is 1. The van der Waals surface area contributed by atoms with Crippen molar-refractivity contribution in [3.63, 3.8) is 0 Å². The molecule has 0 bridgehead atoms. The molecule has 0 aromatic heterocycles. The van der Waals surface area contributed by atoms with E-state index in [-0.39, 0.29) is 23.3 Å². The van der Waals surface area contributed by atoms with Gasteiger partial charge >= 0.3 is 0 Å². The average Bonchev–Trinajstić information content (AvgIpc) is 3.27. The number of quaternary nitrogens is 1. The molecule has 1 spiro atoms. The van der Waals surface area contributed by atoms with Crippen molar-refractivity contribution < 1.29 is 24.6 Å². The molecule has 4 atom stereocenters.